The first-order chi connectivity index (χ1) is 4.20. The molecule has 1 N–H and O–H groups in total. The number of hydrogen-bond donors (Lipinski definition) is 1. The molecule has 0 saturated heterocycles. The van der Waals surface area contributed by atoms with E-state index in [9.17, 15) is 4.79 Å². The molecule has 4 heteroatoms. The summed E-state index contributed by atoms with van der Waals surface area (Å²) in [6.07, 6.45) is 2.54. The monoisotopic (exact) mass is 208 g/mol. The third-order valence-corrected chi connectivity index (χ3v) is 2.93. The number of rotatable bonds is 1. The lowest BCUT2D eigenvalue weighted by Crippen LogP contribution is -1.93. The molecular formula is C5H5BrO2S. The SMILES string of the molecule is O=C(O)C1=CCC(Br)S1. The predicted molar refractivity (Wildman–Crippen MR) is 40.6 cm³/mol. The number of carbonyl (C=O) groups is 1. The average Bonchev–Trinajstić information content (AvgIpc) is 2.14. The maximum Gasteiger partial charge on any atom is 0.341 e. The van der Waals surface area contributed by atoms with Crippen LogP contribution < -0.4 is 0 Å². The van der Waals surface area contributed by atoms with Crippen LogP contribution in [0.4, 0.5) is 0 Å². The van der Waals surface area contributed by atoms with Gasteiger partial charge in [-0.3, -0.25) is 0 Å². The molecule has 1 atom stereocenters. The van der Waals surface area contributed by atoms with E-state index in [-0.39, 0.29) is 4.16 Å². The van der Waals surface area contributed by atoms with Crippen molar-refractivity contribution in [2.45, 2.75) is 10.6 Å². The molecule has 2 nitrogen and oxygen atoms in total. The van der Waals surface area contributed by atoms with E-state index in [1.54, 1.807) is 6.08 Å². The zero-order chi connectivity index (χ0) is 6.85. The average molecular weight is 209 g/mol. The lowest BCUT2D eigenvalue weighted by atomic mass is 10.4. The number of carboxylic acids is 1. The van der Waals surface area contributed by atoms with Crippen molar-refractivity contribution in [2.24, 2.45) is 0 Å². The zero-order valence-corrected chi connectivity index (χ0v) is 6.91. The van der Waals surface area contributed by atoms with Crippen LogP contribution in [0.1, 0.15) is 6.42 Å². The summed E-state index contributed by atoms with van der Waals surface area (Å²) in [5.41, 5.74) is 0. The third-order valence-electron chi connectivity index (χ3n) is 0.954. The van der Waals surface area contributed by atoms with Crippen molar-refractivity contribution in [1.82, 2.24) is 0 Å². The van der Waals surface area contributed by atoms with Crippen LogP contribution in [-0.4, -0.2) is 15.2 Å². The summed E-state index contributed by atoms with van der Waals surface area (Å²) in [5, 5.41) is 8.42. The summed E-state index contributed by atoms with van der Waals surface area (Å²) in [7, 11) is 0. The molecule has 0 aromatic carbocycles. The third kappa shape index (κ3) is 1.72. The normalized spacial score (nSPS) is 25.9. The largest absolute Gasteiger partial charge is 0.477 e. The number of halogens is 1. The summed E-state index contributed by atoms with van der Waals surface area (Å²) >= 11 is 4.65. The Morgan fingerprint density at radius 1 is 2.00 bits per heavy atom. The van der Waals surface area contributed by atoms with Gasteiger partial charge in [0.15, 0.2) is 0 Å². The van der Waals surface area contributed by atoms with Crippen LogP contribution in [0.3, 0.4) is 0 Å². The van der Waals surface area contributed by atoms with Gasteiger partial charge >= 0.3 is 5.97 Å². The minimum Gasteiger partial charge on any atom is -0.477 e. The van der Waals surface area contributed by atoms with E-state index in [2.05, 4.69) is 15.9 Å². The molecule has 0 amide bonds. The number of carboxylic acid groups (broad SMARTS) is 1. The Balaban J connectivity index is 2.55. The van der Waals surface area contributed by atoms with Crippen molar-refractivity contribution in [2.75, 3.05) is 0 Å². The van der Waals surface area contributed by atoms with Gasteiger partial charge in [-0.25, -0.2) is 4.79 Å². The van der Waals surface area contributed by atoms with Crippen LogP contribution in [0.5, 0.6) is 0 Å². The van der Waals surface area contributed by atoms with Gasteiger partial charge < -0.3 is 5.11 Å². The molecule has 1 unspecified atom stereocenters. The Labute approximate surface area is 65.4 Å². The first-order valence-electron chi connectivity index (χ1n) is 2.44. The van der Waals surface area contributed by atoms with Crippen LogP contribution in [0.25, 0.3) is 0 Å². The Morgan fingerprint density at radius 3 is 2.89 bits per heavy atom. The Morgan fingerprint density at radius 2 is 2.67 bits per heavy atom. The standard InChI is InChI=1S/C5H5BrO2S/c6-4-2-1-3(9-4)5(7)8/h1,4H,2H2,(H,7,8). The molecule has 1 rings (SSSR count). The van der Waals surface area contributed by atoms with Crippen molar-refractivity contribution in [3.63, 3.8) is 0 Å². The van der Waals surface area contributed by atoms with E-state index in [0.29, 0.717) is 4.91 Å². The summed E-state index contributed by atoms with van der Waals surface area (Å²) in [5.74, 6) is -0.818. The van der Waals surface area contributed by atoms with Gasteiger partial charge in [-0.15, -0.1) is 11.8 Å². The molecule has 0 saturated carbocycles. The highest BCUT2D eigenvalue weighted by Crippen LogP contribution is 2.35. The highest BCUT2D eigenvalue weighted by atomic mass is 79.9. The van der Waals surface area contributed by atoms with Crippen molar-refractivity contribution < 1.29 is 9.90 Å². The van der Waals surface area contributed by atoms with Crippen LogP contribution in [0, 0.1) is 0 Å². The van der Waals surface area contributed by atoms with Gasteiger partial charge in [-0.1, -0.05) is 22.0 Å². The van der Waals surface area contributed by atoms with Gasteiger partial charge in [0, 0.05) is 0 Å². The summed E-state index contributed by atoms with van der Waals surface area (Å²) in [4.78, 5) is 10.7. The van der Waals surface area contributed by atoms with E-state index in [1.807, 2.05) is 0 Å². The quantitative estimate of drug-likeness (QED) is 0.669. The summed E-state index contributed by atoms with van der Waals surface area (Å²) in [6.45, 7) is 0. The maximum absolute atomic E-state index is 10.2. The highest BCUT2D eigenvalue weighted by molar-refractivity contribution is 9.11. The molecule has 0 aliphatic carbocycles. The Bertz CT molecular complexity index is 166. The lowest BCUT2D eigenvalue weighted by molar-refractivity contribution is -0.131. The van der Waals surface area contributed by atoms with Gasteiger partial charge in [0.05, 0.1) is 9.06 Å². The minimum absolute atomic E-state index is 0.267. The Hall–Kier alpha value is 0.0400. The second-order valence-corrected chi connectivity index (χ2v) is 4.59. The fraction of sp³-hybridized carbons (Fsp3) is 0.400. The van der Waals surface area contributed by atoms with E-state index >= 15 is 0 Å². The first kappa shape index (κ1) is 7.15. The first-order valence-corrected chi connectivity index (χ1v) is 4.24. The van der Waals surface area contributed by atoms with Crippen molar-refractivity contribution in [1.29, 1.82) is 0 Å². The second kappa shape index (κ2) is 2.75. The molecule has 50 valence electrons. The Kier molecular flexibility index (Phi) is 2.18. The molecule has 1 aliphatic heterocycles. The summed E-state index contributed by atoms with van der Waals surface area (Å²) in [6, 6.07) is 0. The number of thioether (sulfide) groups is 1. The molecule has 9 heavy (non-hydrogen) atoms. The zero-order valence-electron chi connectivity index (χ0n) is 4.50. The van der Waals surface area contributed by atoms with Gasteiger partial charge in [0.25, 0.3) is 0 Å². The maximum atomic E-state index is 10.2. The number of allylic oxidation sites excluding steroid dienone is 1. The van der Waals surface area contributed by atoms with Gasteiger partial charge in [0.2, 0.25) is 0 Å². The van der Waals surface area contributed by atoms with Crippen molar-refractivity contribution in [3.05, 3.63) is 11.0 Å². The van der Waals surface area contributed by atoms with Crippen LogP contribution in [0.15, 0.2) is 11.0 Å². The number of aliphatic carboxylic acids is 1. The van der Waals surface area contributed by atoms with E-state index in [0.717, 1.165) is 6.42 Å². The molecule has 1 heterocycles. The fourth-order valence-electron chi connectivity index (χ4n) is 0.571. The van der Waals surface area contributed by atoms with E-state index in [1.165, 1.54) is 11.8 Å². The van der Waals surface area contributed by atoms with E-state index < -0.39 is 5.97 Å². The lowest BCUT2D eigenvalue weighted by Gasteiger charge is -1.94. The van der Waals surface area contributed by atoms with Gasteiger partial charge in [0.1, 0.15) is 0 Å². The van der Waals surface area contributed by atoms with Gasteiger partial charge in [-0.05, 0) is 6.42 Å². The molecule has 0 radical (unpaired) electrons. The highest BCUT2D eigenvalue weighted by Gasteiger charge is 2.19. The molecule has 0 spiro atoms. The van der Waals surface area contributed by atoms with Gasteiger partial charge in [-0.2, -0.15) is 0 Å². The van der Waals surface area contributed by atoms with Crippen LogP contribution >= 0.6 is 27.7 Å². The fourth-order valence-corrected chi connectivity index (χ4v) is 2.12. The number of alkyl halides is 1. The molecule has 0 bridgehead atoms. The van der Waals surface area contributed by atoms with E-state index in [4.69, 9.17) is 5.11 Å². The van der Waals surface area contributed by atoms with Crippen LogP contribution in [-0.2, 0) is 4.79 Å². The molecule has 0 aromatic heterocycles. The summed E-state index contributed by atoms with van der Waals surface area (Å²) < 4.78 is 0.267. The van der Waals surface area contributed by atoms with Crippen molar-refractivity contribution >= 4 is 33.7 Å². The topological polar surface area (TPSA) is 37.3 Å². The molecule has 0 aromatic rings. The second-order valence-electron chi connectivity index (χ2n) is 1.64. The smallest absolute Gasteiger partial charge is 0.341 e. The number of hydrogen-bond acceptors (Lipinski definition) is 2. The predicted octanol–water partition coefficient (Wildman–Crippen LogP) is 1.81. The van der Waals surface area contributed by atoms with Crippen molar-refractivity contribution in [3.8, 4) is 0 Å². The van der Waals surface area contributed by atoms with Crippen LogP contribution in [0.2, 0.25) is 0 Å². The minimum atomic E-state index is -0.818. The molecule has 0 fully saturated rings. The molecule has 1 aliphatic rings. The molecular weight excluding hydrogens is 204 g/mol.